The maximum Gasteiger partial charge on any atom is 0.271 e. The summed E-state index contributed by atoms with van der Waals surface area (Å²) in [6, 6.07) is 1.85. The molecule has 0 unspecified atom stereocenters. The van der Waals surface area contributed by atoms with E-state index in [-0.39, 0.29) is 5.56 Å². The number of thiophene rings is 1. The summed E-state index contributed by atoms with van der Waals surface area (Å²) in [5, 5.41) is 14.8. The van der Waals surface area contributed by atoms with Crippen LogP contribution < -0.4 is 10.9 Å². The first-order valence-electron chi connectivity index (χ1n) is 6.27. The molecule has 3 aromatic heterocycles. The van der Waals surface area contributed by atoms with Crippen LogP contribution >= 0.6 is 22.7 Å². The average molecular weight is 307 g/mol. The van der Waals surface area contributed by atoms with Crippen LogP contribution in [0.5, 0.6) is 0 Å². The fourth-order valence-corrected chi connectivity index (χ4v) is 3.32. The van der Waals surface area contributed by atoms with Crippen LogP contribution in [0.25, 0.3) is 10.2 Å². The van der Waals surface area contributed by atoms with Gasteiger partial charge < -0.3 is 5.32 Å². The fraction of sp³-hybridized carbons (Fsp3) is 0.333. The highest BCUT2D eigenvalue weighted by atomic mass is 32.1. The minimum Gasteiger partial charge on any atom is -0.360 e. The Balaban J connectivity index is 1.83. The van der Waals surface area contributed by atoms with Crippen molar-refractivity contribution in [2.24, 2.45) is 0 Å². The Hall–Kier alpha value is -1.80. The maximum atomic E-state index is 12.2. The monoisotopic (exact) mass is 307 g/mol. The Morgan fingerprint density at radius 3 is 3.15 bits per heavy atom. The standard InChI is InChI=1S/C12H13N5OS2/c1-2-4-13-12-16-15-9(20-12)6-17-7-14-8-3-5-19-10(8)11(17)18/h3,5,7H,2,4,6H2,1H3,(H,13,16). The molecule has 20 heavy (non-hydrogen) atoms. The third-order valence-electron chi connectivity index (χ3n) is 2.73. The number of anilines is 1. The third-order valence-corrected chi connectivity index (χ3v) is 4.49. The second-order valence-electron chi connectivity index (χ2n) is 4.24. The van der Waals surface area contributed by atoms with E-state index < -0.39 is 0 Å². The number of nitrogens with one attached hydrogen (secondary N) is 1. The Morgan fingerprint density at radius 2 is 2.30 bits per heavy atom. The zero-order valence-electron chi connectivity index (χ0n) is 10.9. The molecule has 3 rings (SSSR count). The zero-order chi connectivity index (χ0) is 13.9. The zero-order valence-corrected chi connectivity index (χ0v) is 12.5. The fourth-order valence-electron chi connectivity index (χ4n) is 1.76. The van der Waals surface area contributed by atoms with E-state index in [1.54, 1.807) is 10.9 Å². The molecule has 0 aliphatic heterocycles. The van der Waals surface area contributed by atoms with Gasteiger partial charge in [0.15, 0.2) is 0 Å². The van der Waals surface area contributed by atoms with Gasteiger partial charge in [-0.2, -0.15) is 0 Å². The van der Waals surface area contributed by atoms with E-state index >= 15 is 0 Å². The molecule has 0 aliphatic rings. The van der Waals surface area contributed by atoms with E-state index in [9.17, 15) is 4.79 Å². The average Bonchev–Trinajstić information content (AvgIpc) is 3.09. The number of nitrogens with zero attached hydrogens (tertiary/aromatic N) is 4. The molecule has 0 fully saturated rings. The molecule has 0 saturated carbocycles. The lowest BCUT2D eigenvalue weighted by molar-refractivity contribution is 0.735. The Bertz CT molecular complexity index is 775. The van der Waals surface area contributed by atoms with E-state index in [1.807, 2.05) is 11.4 Å². The topological polar surface area (TPSA) is 72.7 Å². The van der Waals surface area contributed by atoms with Gasteiger partial charge in [0, 0.05) is 6.54 Å². The molecule has 0 spiro atoms. The molecule has 0 saturated heterocycles. The molecule has 0 aromatic carbocycles. The van der Waals surface area contributed by atoms with Crippen LogP contribution in [0.2, 0.25) is 0 Å². The van der Waals surface area contributed by atoms with Crippen LogP contribution in [0, 0.1) is 0 Å². The van der Waals surface area contributed by atoms with Crippen molar-refractivity contribution in [3.8, 4) is 0 Å². The van der Waals surface area contributed by atoms with Crippen LogP contribution in [0.15, 0.2) is 22.6 Å². The lowest BCUT2D eigenvalue weighted by Gasteiger charge is -2.01. The molecule has 104 valence electrons. The molecular formula is C12H13N5OS2. The van der Waals surface area contributed by atoms with Crippen LogP contribution in [0.4, 0.5) is 5.13 Å². The van der Waals surface area contributed by atoms with Crippen LogP contribution in [-0.2, 0) is 6.54 Å². The van der Waals surface area contributed by atoms with Gasteiger partial charge in [0.2, 0.25) is 5.13 Å². The summed E-state index contributed by atoms with van der Waals surface area (Å²) < 4.78 is 2.25. The lowest BCUT2D eigenvalue weighted by Crippen LogP contribution is -2.20. The third kappa shape index (κ3) is 2.56. The summed E-state index contributed by atoms with van der Waals surface area (Å²) in [5.41, 5.74) is 0.724. The predicted octanol–water partition coefficient (Wildman–Crippen LogP) is 2.18. The minimum absolute atomic E-state index is 0.0248. The van der Waals surface area contributed by atoms with Gasteiger partial charge in [-0.1, -0.05) is 18.3 Å². The number of rotatable bonds is 5. The van der Waals surface area contributed by atoms with Gasteiger partial charge in [-0.25, -0.2) is 4.98 Å². The van der Waals surface area contributed by atoms with Crippen LogP contribution in [0.3, 0.4) is 0 Å². The van der Waals surface area contributed by atoms with Crippen molar-refractivity contribution in [3.05, 3.63) is 33.1 Å². The first-order chi connectivity index (χ1) is 9.78. The summed E-state index contributed by atoms with van der Waals surface area (Å²) in [6.45, 7) is 3.37. The summed E-state index contributed by atoms with van der Waals surface area (Å²) in [6.07, 6.45) is 2.60. The van der Waals surface area contributed by atoms with Gasteiger partial charge in [-0.15, -0.1) is 21.5 Å². The first kappa shape index (κ1) is 13.2. The molecule has 1 N–H and O–H groups in total. The SMILES string of the molecule is CCCNc1nnc(Cn2cnc3ccsc3c2=O)s1. The number of hydrogen-bond acceptors (Lipinski definition) is 7. The first-order valence-corrected chi connectivity index (χ1v) is 7.96. The van der Waals surface area contributed by atoms with E-state index in [4.69, 9.17) is 0 Å². The molecule has 0 atom stereocenters. The molecule has 3 heterocycles. The summed E-state index contributed by atoms with van der Waals surface area (Å²) in [5.74, 6) is 0. The van der Waals surface area contributed by atoms with Gasteiger partial charge >= 0.3 is 0 Å². The molecule has 8 heteroatoms. The molecule has 0 amide bonds. The van der Waals surface area contributed by atoms with Crippen LogP contribution in [0.1, 0.15) is 18.4 Å². The maximum absolute atomic E-state index is 12.2. The van der Waals surface area contributed by atoms with Crippen LogP contribution in [-0.4, -0.2) is 26.3 Å². The van der Waals surface area contributed by atoms with Gasteiger partial charge in [0.05, 0.1) is 18.4 Å². The lowest BCUT2D eigenvalue weighted by atomic mass is 10.4. The molecule has 3 aromatic rings. The molecule has 0 radical (unpaired) electrons. The van der Waals surface area contributed by atoms with Crippen molar-refractivity contribution in [3.63, 3.8) is 0 Å². The van der Waals surface area contributed by atoms with Crippen molar-refractivity contribution < 1.29 is 0 Å². The summed E-state index contributed by atoms with van der Waals surface area (Å²) in [7, 11) is 0. The highest BCUT2D eigenvalue weighted by Gasteiger charge is 2.09. The number of fused-ring (bicyclic) bond motifs is 1. The predicted molar refractivity (Wildman–Crippen MR) is 81.7 cm³/mol. The smallest absolute Gasteiger partial charge is 0.271 e. The summed E-state index contributed by atoms with van der Waals surface area (Å²) >= 11 is 2.88. The quantitative estimate of drug-likeness (QED) is 0.782. The normalized spacial score (nSPS) is 11.1. The van der Waals surface area contributed by atoms with Crippen molar-refractivity contribution in [2.75, 3.05) is 11.9 Å². The van der Waals surface area contributed by atoms with Crippen molar-refractivity contribution in [2.45, 2.75) is 19.9 Å². The van der Waals surface area contributed by atoms with Gasteiger partial charge in [-0.3, -0.25) is 9.36 Å². The van der Waals surface area contributed by atoms with Crippen molar-refractivity contribution >= 4 is 38.0 Å². The minimum atomic E-state index is -0.0248. The van der Waals surface area contributed by atoms with Gasteiger partial charge in [0.1, 0.15) is 9.71 Å². The van der Waals surface area contributed by atoms with E-state index in [0.29, 0.717) is 11.2 Å². The largest absolute Gasteiger partial charge is 0.360 e. The Morgan fingerprint density at radius 1 is 1.40 bits per heavy atom. The number of hydrogen-bond donors (Lipinski definition) is 1. The van der Waals surface area contributed by atoms with Crippen molar-refractivity contribution in [1.29, 1.82) is 0 Å². The second kappa shape index (κ2) is 5.68. The van der Waals surface area contributed by atoms with E-state index in [2.05, 4.69) is 27.4 Å². The molecular weight excluding hydrogens is 294 g/mol. The van der Waals surface area contributed by atoms with E-state index in [1.165, 1.54) is 22.7 Å². The van der Waals surface area contributed by atoms with Gasteiger partial charge in [-0.05, 0) is 17.9 Å². The number of aromatic nitrogens is 4. The highest BCUT2D eigenvalue weighted by Crippen LogP contribution is 2.17. The highest BCUT2D eigenvalue weighted by molar-refractivity contribution is 7.17. The molecule has 0 bridgehead atoms. The Kier molecular flexibility index (Phi) is 3.75. The van der Waals surface area contributed by atoms with Gasteiger partial charge in [0.25, 0.3) is 5.56 Å². The molecule has 0 aliphatic carbocycles. The Labute approximate surface area is 123 Å². The van der Waals surface area contributed by atoms with Crippen molar-refractivity contribution in [1.82, 2.24) is 19.7 Å². The summed E-state index contributed by atoms with van der Waals surface area (Å²) in [4.78, 5) is 16.5. The van der Waals surface area contributed by atoms with E-state index in [0.717, 1.165) is 28.6 Å². The molecule has 6 nitrogen and oxygen atoms in total. The second-order valence-corrected chi connectivity index (χ2v) is 6.22.